The first-order valence-corrected chi connectivity index (χ1v) is 15.6. The molecule has 1 aliphatic rings. The van der Waals surface area contributed by atoms with Crippen LogP contribution in [0.3, 0.4) is 0 Å². The van der Waals surface area contributed by atoms with Gasteiger partial charge in [-0.25, -0.2) is 4.98 Å². The van der Waals surface area contributed by atoms with Crippen LogP contribution in [0.5, 0.6) is 0 Å². The Hall–Kier alpha value is -4.51. The van der Waals surface area contributed by atoms with Crippen LogP contribution >= 0.6 is 39.1 Å². The molecule has 1 N–H and O–H groups in total. The average Bonchev–Trinajstić information content (AvgIpc) is 3.29. The predicted molar refractivity (Wildman–Crippen MR) is 176 cm³/mol. The van der Waals surface area contributed by atoms with Gasteiger partial charge in [0, 0.05) is 43.3 Å². The molecule has 0 bridgehead atoms. The number of nitrogens with zero attached hydrogens (tertiary/aromatic N) is 2. The van der Waals surface area contributed by atoms with E-state index in [1.54, 1.807) is 48.5 Å². The summed E-state index contributed by atoms with van der Waals surface area (Å²) < 4.78 is 40.0. The van der Waals surface area contributed by atoms with E-state index in [0.29, 0.717) is 43.7 Å². The lowest BCUT2D eigenvalue weighted by molar-refractivity contribution is -0.137. The fraction of sp³-hybridized carbons (Fsp3) is 0.0857. The molecule has 47 heavy (non-hydrogen) atoms. The highest BCUT2D eigenvalue weighted by atomic mass is 79.9. The van der Waals surface area contributed by atoms with Crippen LogP contribution in [0.2, 0.25) is 10.0 Å². The van der Waals surface area contributed by atoms with E-state index in [2.05, 4.69) is 21.2 Å². The van der Waals surface area contributed by atoms with E-state index in [0.717, 1.165) is 33.6 Å². The highest BCUT2D eigenvalue weighted by molar-refractivity contribution is 9.10. The summed E-state index contributed by atoms with van der Waals surface area (Å²) in [5, 5.41) is 3.50. The summed E-state index contributed by atoms with van der Waals surface area (Å²) in [7, 11) is 0. The number of amides is 3. The van der Waals surface area contributed by atoms with E-state index in [-0.39, 0.29) is 29.8 Å². The van der Waals surface area contributed by atoms with Gasteiger partial charge < -0.3 is 5.32 Å². The number of hydrogen-bond acceptors (Lipinski definition) is 4. The van der Waals surface area contributed by atoms with E-state index in [4.69, 9.17) is 28.2 Å². The molecule has 5 aromatic rings. The van der Waals surface area contributed by atoms with Crippen LogP contribution in [0.4, 0.5) is 13.2 Å². The first kappa shape index (κ1) is 32.4. The number of aromatic nitrogens is 1. The maximum atomic E-state index is 13.3. The zero-order valence-corrected chi connectivity index (χ0v) is 27.1. The van der Waals surface area contributed by atoms with Crippen LogP contribution in [0, 0.1) is 0 Å². The number of pyridine rings is 1. The normalized spacial score (nSPS) is 12.8. The van der Waals surface area contributed by atoms with Gasteiger partial charge in [-0.2, -0.15) is 13.2 Å². The van der Waals surface area contributed by atoms with Crippen LogP contribution < -0.4 is 5.32 Å². The van der Waals surface area contributed by atoms with Crippen LogP contribution in [0.1, 0.15) is 47.9 Å². The summed E-state index contributed by atoms with van der Waals surface area (Å²) in [5.74, 6) is -1.60. The zero-order chi connectivity index (χ0) is 33.5. The number of imide groups is 1. The largest absolute Gasteiger partial charge is 0.416 e. The van der Waals surface area contributed by atoms with Gasteiger partial charge in [0.15, 0.2) is 0 Å². The van der Waals surface area contributed by atoms with Crippen molar-refractivity contribution in [2.24, 2.45) is 0 Å². The van der Waals surface area contributed by atoms with Crippen molar-refractivity contribution in [2.75, 3.05) is 0 Å². The van der Waals surface area contributed by atoms with Gasteiger partial charge in [-0.3, -0.25) is 19.3 Å². The Morgan fingerprint density at radius 1 is 0.809 bits per heavy atom. The highest BCUT2D eigenvalue weighted by Crippen LogP contribution is 2.38. The first-order valence-electron chi connectivity index (χ1n) is 14.1. The number of halogens is 6. The number of alkyl halides is 3. The SMILES string of the molecule is O=C(NCc1cc(-c2ccc(Cl)cc2Cl)c(-c2ccc(Br)cc2)nc1CN1C(=O)c2ccccc2C1=O)c1ccc(C(F)(F)F)cc1. The summed E-state index contributed by atoms with van der Waals surface area (Å²) in [5.41, 5.74) is 2.81. The summed E-state index contributed by atoms with van der Waals surface area (Å²) in [4.78, 5) is 45.8. The van der Waals surface area contributed by atoms with Gasteiger partial charge in [-0.05, 0) is 72.3 Å². The third kappa shape index (κ3) is 6.67. The Kier molecular flexibility index (Phi) is 8.93. The summed E-state index contributed by atoms with van der Waals surface area (Å²) in [6, 6.07) is 24.5. The molecular formula is C35H21BrCl2F3N3O3. The van der Waals surface area contributed by atoms with Crippen molar-refractivity contribution in [3.05, 3.63) is 145 Å². The molecule has 236 valence electrons. The molecule has 0 saturated heterocycles. The fourth-order valence-corrected chi connectivity index (χ4v) is 6.02. The maximum absolute atomic E-state index is 13.3. The van der Waals surface area contributed by atoms with Crippen LogP contribution in [0.25, 0.3) is 22.4 Å². The molecule has 0 aliphatic carbocycles. The Morgan fingerprint density at radius 3 is 2.04 bits per heavy atom. The second-order valence-corrected chi connectivity index (χ2v) is 12.4. The summed E-state index contributed by atoms with van der Waals surface area (Å²) in [6.07, 6.45) is -4.55. The van der Waals surface area contributed by atoms with Crippen molar-refractivity contribution in [3.8, 4) is 22.4 Å². The highest BCUT2D eigenvalue weighted by Gasteiger charge is 2.36. The third-order valence-corrected chi connectivity index (χ3v) is 8.71. The van der Waals surface area contributed by atoms with E-state index in [9.17, 15) is 27.6 Å². The molecule has 0 unspecified atom stereocenters. The van der Waals surface area contributed by atoms with Gasteiger partial charge in [0.05, 0.1) is 34.6 Å². The molecule has 3 amide bonds. The Balaban J connectivity index is 1.44. The monoisotopic (exact) mass is 737 g/mol. The minimum absolute atomic E-state index is 0.0142. The number of fused-ring (bicyclic) bond motifs is 1. The number of nitrogens with one attached hydrogen (secondary N) is 1. The quantitative estimate of drug-likeness (QED) is 0.169. The van der Waals surface area contributed by atoms with E-state index in [1.165, 1.54) is 0 Å². The lowest BCUT2D eigenvalue weighted by Crippen LogP contribution is -2.31. The van der Waals surface area contributed by atoms with Gasteiger partial charge >= 0.3 is 6.18 Å². The molecule has 0 spiro atoms. The molecule has 1 aliphatic heterocycles. The minimum Gasteiger partial charge on any atom is -0.348 e. The number of benzene rings is 4. The van der Waals surface area contributed by atoms with Gasteiger partial charge in [-0.1, -0.05) is 69.5 Å². The van der Waals surface area contributed by atoms with Gasteiger partial charge in [-0.15, -0.1) is 0 Å². The number of rotatable bonds is 7. The van der Waals surface area contributed by atoms with Gasteiger partial charge in [0.25, 0.3) is 17.7 Å². The molecule has 0 atom stereocenters. The molecule has 0 radical (unpaired) electrons. The Morgan fingerprint density at radius 2 is 1.45 bits per heavy atom. The van der Waals surface area contributed by atoms with Crippen LogP contribution in [-0.2, 0) is 19.3 Å². The standard InChI is InChI=1S/C35H21BrCl2F3N3O3/c36-23-11-7-19(8-12-23)31-28(25-14-13-24(37)16-29(25)38)15-21(17-42-32(45)20-5-9-22(10-6-20)35(39,40)41)30(43-31)18-44-33(46)26-3-1-2-4-27(26)34(44)47/h1-16H,17-18H2,(H,42,45). The average molecular weight is 739 g/mol. The van der Waals surface area contributed by atoms with Crippen LogP contribution in [0.15, 0.2) is 102 Å². The molecule has 1 aromatic heterocycles. The molecule has 0 fully saturated rings. The Labute approximate surface area is 285 Å². The zero-order valence-electron chi connectivity index (χ0n) is 24.0. The van der Waals surface area contributed by atoms with Crippen molar-refractivity contribution in [1.29, 1.82) is 0 Å². The number of carbonyl (C=O) groups is 3. The number of hydrogen-bond donors (Lipinski definition) is 1. The second-order valence-electron chi connectivity index (χ2n) is 10.6. The van der Waals surface area contributed by atoms with Crippen molar-refractivity contribution < 1.29 is 27.6 Å². The summed E-state index contributed by atoms with van der Waals surface area (Å²) >= 11 is 16.3. The topological polar surface area (TPSA) is 79.4 Å². The summed E-state index contributed by atoms with van der Waals surface area (Å²) in [6.45, 7) is -0.347. The van der Waals surface area contributed by atoms with E-state index < -0.39 is 29.5 Å². The first-order chi connectivity index (χ1) is 22.4. The molecule has 0 saturated carbocycles. The number of carbonyl (C=O) groups excluding carboxylic acids is 3. The molecule has 2 heterocycles. The predicted octanol–water partition coefficient (Wildman–Crippen LogP) is 9.23. The lowest BCUT2D eigenvalue weighted by Gasteiger charge is -2.20. The van der Waals surface area contributed by atoms with Crippen molar-refractivity contribution in [1.82, 2.24) is 15.2 Å². The molecule has 6 nitrogen and oxygen atoms in total. The minimum atomic E-state index is -4.55. The Bertz CT molecular complexity index is 2020. The van der Waals surface area contributed by atoms with Crippen LogP contribution in [-0.4, -0.2) is 27.6 Å². The van der Waals surface area contributed by atoms with Gasteiger partial charge in [0.1, 0.15) is 0 Å². The molecule has 12 heteroatoms. The smallest absolute Gasteiger partial charge is 0.348 e. The fourth-order valence-electron chi connectivity index (χ4n) is 5.24. The van der Waals surface area contributed by atoms with Crippen molar-refractivity contribution in [2.45, 2.75) is 19.3 Å². The molecule has 6 rings (SSSR count). The van der Waals surface area contributed by atoms with Crippen molar-refractivity contribution >= 4 is 56.9 Å². The lowest BCUT2D eigenvalue weighted by atomic mass is 9.96. The van der Waals surface area contributed by atoms with Crippen molar-refractivity contribution in [3.63, 3.8) is 0 Å². The van der Waals surface area contributed by atoms with Gasteiger partial charge in [0.2, 0.25) is 0 Å². The van der Waals surface area contributed by atoms with E-state index >= 15 is 0 Å². The second kappa shape index (κ2) is 12.9. The maximum Gasteiger partial charge on any atom is 0.416 e. The third-order valence-electron chi connectivity index (χ3n) is 7.63. The molecular weight excluding hydrogens is 718 g/mol. The molecule has 4 aromatic carbocycles. The van der Waals surface area contributed by atoms with E-state index in [1.807, 2.05) is 24.3 Å².